The molecule has 11 heteroatoms. The molecule has 1 unspecified atom stereocenters. The Bertz CT molecular complexity index is 1000. The first kappa shape index (κ1) is 26.0. The Morgan fingerprint density at radius 1 is 1.26 bits per heavy atom. The highest BCUT2D eigenvalue weighted by molar-refractivity contribution is 5.77. The number of amides is 3. The van der Waals surface area contributed by atoms with Gasteiger partial charge in [0.2, 0.25) is 0 Å². The van der Waals surface area contributed by atoms with E-state index in [4.69, 9.17) is 19.5 Å². The van der Waals surface area contributed by atoms with E-state index in [-0.39, 0.29) is 18.5 Å². The van der Waals surface area contributed by atoms with Crippen molar-refractivity contribution in [3.05, 3.63) is 53.3 Å². The lowest BCUT2D eigenvalue weighted by Gasteiger charge is -2.23. The summed E-state index contributed by atoms with van der Waals surface area (Å²) in [5.41, 5.74) is 2.63. The van der Waals surface area contributed by atoms with Crippen LogP contribution in [0.25, 0.3) is 0 Å². The number of urea groups is 1. The van der Waals surface area contributed by atoms with Crippen LogP contribution in [-0.2, 0) is 34.1 Å². The molecule has 35 heavy (non-hydrogen) atoms. The van der Waals surface area contributed by atoms with Gasteiger partial charge in [-0.05, 0) is 39.2 Å². The molecule has 3 amide bonds. The quantitative estimate of drug-likeness (QED) is 0.432. The van der Waals surface area contributed by atoms with E-state index in [0.717, 1.165) is 36.2 Å². The molecule has 0 aliphatic carbocycles. The molecule has 11 nitrogen and oxygen atoms in total. The number of unbranched alkanes of at least 4 members (excludes halogenated alkanes) is 1. The molecule has 2 bridgehead atoms. The van der Waals surface area contributed by atoms with Gasteiger partial charge in [0.1, 0.15) is 18.2 Å². The number of carboxylic acid groups (broad SMARTS) is 1. The topological polar surface area (TPSA) is 126 Å². The summed E-state index contributed by atoms with van der Waals surface area (Å²) in [6, 6.07) is 9.59. The number of nitrogens with one attached hydrogen (secondary N) is 1. The van der Waals surface area contributed by atoms with Gasteiger partial charge in [0.25, 0.3) is 6.47 Å². The van der Waals surface area contributed by atoms with E-state index >= 15 is 0 Å². The van der Waals surface area contributed by atoms with Gasteiger partial charge in [0.15, 0.2) is 0 Å². The number of rotatable bonds is 8. The van der Waals surface area contributed by atoms with Crippen molar-refractivity contribution in [1.82, 2.24) is 25.1 Å². The number of nitrogens with zero attached hydrogens (tertiary/aromatic N) is 4. The molecule has 1 saturated heterocycles. The number of hydrogen-bond donors (Lipinski definition) is 2. The Morgan fingerprint density at radius 2 is 1.97 bits per heavy atom. The Kier molecular flexibility index (Phi) is 8.69. The summed E-state index contributed by atoms with van der Waals surface area (Å²) >= 11 is 0. The molecular weight excluding hydrogens is 454 g/mol. The number of carbonyl (C=O) groups excluding carboxylic acids is 2. The maximum atomic E-state index is 12.8. The molecule has 1 aromatic heterocycles. The second-order valence-corrected chi connectivity index (χ2v) is 9.27. The van der Waals surface area contributed by atoms with E-state index in [1.807, 2.05) is 62.0 Å². The van der Waals surface area contributed by atoms with Gasteiger partial charge in [0, 0.05) is 18.7 Å². The smallest absolute Gasteiger partial charge is 0.407 e. The average molecular weight is 488 g/mol. The zero-order chi connectivity index (χ0) is 25.4. The predicted molar refractivity (Wildman–Crippen MR) is 126 cm³/mol. The van der Waals surface area contributed by atoms with Crippen LogP contribution in [0.5, 0.6) is 0 Å². The third kappa shape index (κ3) is 6.95. The highest BCUT2D eigenvalue weighted by Gasteiger charge is 2.45. The van der Waals surface area contributed by atoms with Crippen LogP contribution in [0.15, 0.2) is 36.5 Å². The van der Waals surface area contributed by atoms with E-state index < -0.39 is 11.7 Å². The minimum Gasteiger partial charge on any atom is -0.483 e. The van der Waals surface area contributed by atoms with Gasteiger partial charge in [-0.25, -0.2) is 9.59 Å². The molecule has 1 fully saturated rings. The first-order chi connectivity index (χ1) is 16.7. The summed E-state index contributed by atoms with van der Waals surface area (Å²) in [5, 5.41) is 15.7. The van der Waals surface area contributed by atoms with Gasteiger partial charge >= 0.3 is 12.1 Å². The molecule has 2 aromatic rings. The molecule has 1 aromatic carbocycles. The van der Waals surface area contributed by atoms with E-state index in [0.29, 0.717) is 26.2 Å². The number of alkyl carbamates (subject to hydrolysis) is 1. The minimum atomic E-state index is -0.497. The average Bonchev–Trinajstić information content (AvgIpc) is 3.32. The lowest BCUT2D eigenvalue weighted by Crippen LogP contribution is -2.33. The van der Waals surface area contributed by atoms with Crippen LogP contribution >= 0.6 is 0 Å². The molecule has 0 radical (unpaired) electrons. The van der Waals surface area contributed by atoms with Crippen LogP contribution in [0, 0.1) is 0 Å². The van der Waals surface area contributed by atoms with E-state index in [1.165, 1.54) is 5.06 Å². The number of hydrogen-bond acceptors (Lipinski definition) is 6. The van der Waals surface area contributed by atoms with Gasteiger partial charge in [-0.1, -0.05) is 30.3 Å². The Labute approximate surface area is 204 Å². The Balaban J connectivity index is 0.00000108. The number of benzene rings is 1. The molecular formula is C24H33N5O6. The second kappa shape index (κ2) is 11.7. The van der Waals surface area contributed by atoms with Crippen molar-refractivity contribution in [2.75, 3.05) is 13.1 Å². The number of ether oxygens (including phenoxy) is 1. The van der Waals surface area contributed by atoms with Crippen molar-refractivity contribution < 1.29 is 29.1 Å². The maximum absolute atomic E-state index is 12.8. The molecule has 0 spiro atoms. The van der Waals surface area contributed by atoms with Gasteiger partial charge < -0.3 is 20.1 Å². The fourth-order valence-corrected chi connectivity index (χ4v) is 4.00. The Morgan fingerprint density at radius 3 is 2.66 bits per heavy atom. The highest BCUT2D eigenvalue weighted by atomic mass is 16.7. The zero-order valence-electron chi connectivity index (χ0n) is 20.3. The third-order valence-electron chi connectivity index (χ3n) is 5.49. The van der Waals surface area contributed by atoms with Gasteiger partial charge in [-0.2, -0.15) is 10.2 Å². The van der Waals surface area contributed by atoms with Crippen molar-refractivity contribution in [1.29, 1.82) is 0 Å². The minimum absolute atomic E-state index is 0.102. The summed E-state index contributed by atoms with van der Waals surface area (Å²) in [6.07, 6.45) is 3.13. The second-order valence-electron chi connectivity index (χ2n) is 9.27. The van der Waals surface area contributed by atoms with Crippen LogP contribution in [0.3, 0.4) is 0 Å². The van der Waals surface area contributed by atoms with E-state index in [2.05, 4.69) is 10.4 Å². The summed E-state index contributed by atoms with van der Waals surface area (Å²) in [6.45, 7) is 8.06. The third-order valence-corrected chi connectivity index (χ3v) is 5.49. The van der Waals surface area contributed by atoms with E-state index in [9.17, 15) is 9.59 Å². The largest absolute Gasteiger partial charge is 0.483 e. The lowest BCUT2D eigenvalue weighted by molar-refractivity contribution is -0.141. The number of aromatic nitrogens is 2. The van der Waals surface area contributed by atoms with E-state index in [1.54, 1.807) is 4.90 Å². The van der Waals surface area contributed by atoms with Crippen molar-refractivity contribution in [2.45, 2.75) is 65.0 Å². The summed E-state index contributed by atoms with van der Waals surface area (Å²) in [7, 11) is 0. The van der Waals surface area contributed by atoms with Crippen LogP contribution in [0.2, 0.25) is 0 Å². The van der Waals surface area contributed by atoms with Crippen LogP contribution in [-0.4, -0.2) is 62.1 Å². The number of aryl methyl sites for hydroxylation is 1. The fourth-order valence-electron chi connectivity index (χ4n) is 4.00. The Hall–Kier alpha value is -3.60. The molecule has 2 N–H and O–H groups in total. The summed E-state index contributed by atoms with van der Waals surface area (Å²) in [4.78, 5) is 40.6. The van der Waals surface area contributed by atoms with Crippen LogP contribution < -0.4 is 5.32 Å². The molecule has 2 aliphatic heterocycles. The molecule has 2 aliphatic rings. The van der Waals surface area contributed by atoms with Crippen molar-refractivity contribution in [3.63, 3.8) is 0 Å². The maximum Gasteiger partial charge on any atom is 0.407 e. The SMILES string of the molecule is CC(C)(C)OC(=O)NCCCCn1ncc2c1CN1CC2N(OCc2ccccc2)C1=O.O=CO. The monoisotopic (exact) mass is 487 g/mol. The van der Waals surface area contributed by atoms with Gasteiger partial charge in [-0.3, -0.25) is 14.3 Å². The summed E-state index contributed by atoms with van der Waals surface area (Å²) < 4.78 is 7.21. The molecule has 1 atom stereocenters. The van der Waals surface area contributed by atoms with Crippen molar-refractivity contribution >= 4 is 18.6 Å². The van der Waals surface area contributed by atoms with Crippen LogP contribution in [0.1, 0.15) is 56.5 Å². The van der Waals surface area contributed by atoms with Crippen LogP contribution in [0.4, 0.5) is 9.59 Å². The van der Waals surface area contributed by atoms with Crippen molar-refractivity contribution in [2.24, 2.45) is 0 Å². The first-order valence-electron chi connectivity index (χ1n) is 11.6. The normalized spacial score (nSPS) is 16.3. The zero-order valence-corrected chi connectivity index (χ0v) is 20.3. The van der Waals surface area contributed by atoms with Gasteiger partial charge in [-0.15, -0.1) is 0 Å². The van der Waals surface area contributed by atoms with Crippen molar-refractivity contribution in [3.8, 4) is 0 Å². The number of fused-ring (bicyclic) bond motifs is 4. The molecule has 0 saturated carbocycles. The lowest BCUT2D eigenvalue weighted by atomic mass is 10.0. The molecule has 4 rings (SSSR count). The highest BCUT2D eigenvalue weighted by Crippen LogP contribution is 2.38. The molecule has 190 valence electrons. The first-order valence-corrected chi connectivity index (χ1v) is 11.6. The fraction of sp³-hybridized carbons (Fsp3) is 0.500. The number of carbonyl (C=O) groups is 3. The standard InChI is InChI=1S/C23H31N5O4.CH2O2/c1-23(2,3)32-21(29)24-11-7-8-12-27-19-14-26-15-20(18(19)13-25-27)28(22(26)30)31-16-17-9-5-4-6-10-17;2-1-3/h4-6,9-10,13,20H,7-8,11-12,14-16H2,1-3H3,(H,24,29);1H,(H,2,3). The predicted octanol–water partition coefficient (Wildman–Crippen LogP) is 3.31. The summed E-state index contributed by atoms with van der Waals surface area (Å²) in [5.74, 6) is 0. The number of hydroxylamine groups is 2. The molecule has 3 heterocycles. The van der Waals surface area contributed by atoms with Gasteiger partial charge in [0.05, 0.1) is 25.0 Å².